The number of halogens is 1. The molecule has 4 nitrogen and oxygen atoms in total. The number of benzene rings is 2. The van der Waals surface area contributed by atoms with Gasteiger partial charge in [0.2, 0.25) is 5.91 Å². The molecule has 0 bridgehead atoms. The molecule has 5 heteroatoms. The van der Waals surface area contributed by atoms with E-state index in [1.807, 2.05) is 50.2 Å². The van der Waals surface area contributed by atoms with E-state index < -0.39 is 0 Å². The van der Waals surface area contributed by atoms with Gasteiger partial charge < -0.3 is 15.8 Å². The van der Waals surface area contributed by atoms with E-state index in [1.165, 1.54) is 0 Å². The van der Waals surface area contributed by atoms with Crippen molar-refractivity contribution in [3.8, 4) is 5.75 Å². The summed E-state index contributed by atoms with van der Waals surface area (Å²) in [6, 6.07) is 11.5. The van der Waals surface area contributed by atoms with Crippen molar-refractivity contribution >= 4 is 29.7 Å². The Hall–Kier alpha value is -2.20. The molecule has 3 N–H and O–H groups in total. The second-order valence-electron chi connectivity index (χ2n) is 5.34. The average molecular weight is 335 g/mol. The molecular formula is C18H23ClN2O2. The molecule has 0 fully saturated rings. The average Bonchev–Trinajstić information content (AvgIpc) is 2.50. The standard InChI is InChI=1S/C18H22N2O2.ClH/c1-12-8-10-16(13(2)18(12)22-3)20-17(21)11-9-14-6-4-5-7-15(14)19;/h4-8,10H,9,11,19H2,1-3H3,(H,20,21);1H. The van der Waals surface area contributed by atoms with Crippen LogP contribution in [0.2, 0.25) is 0 Å². The number of aryl methyl sites for hydroxylation is 2. The first-order valence-electron chi connectivity index (χ1n) is 7.30. The number of carbonyl (C=O) groups is 1. The third-order valence-corrected chi connectivity index (χ3v) is 3.76. The number of ether oxygens (including phenoxy) is 1. The Bertz CT molecular complexity index is 687. The van der Waals surface area contributed by atoms with Gasteiger partial charge in [-0.05, 0) is 43.5 Å². The van der Waals surface area contributed by atoms with Crippen LogP contribution < -0.4 is 15.8 Å². The van der Waals surface area contributed by atoms with Crippen molar-refractivity contribution in [3.05, 3.63) is 53.1 Å². The molecule has 0 aliphatic rings. The van der Waals surface area contributed by atoms with E-state index in [1.54, 1.807) is 7.11 Å². The summed E-state index contributed by atoms with van der Waals surface area (Å²) >= 11 is 0. The van der Waals surface area contributed by atoms with Crippen molar-refractivity contribution in [2.24, 2.45) is 0 Å². The number of anilines is 2. The number of rotatable bonds is 5. The predicted molar refractivity (Wildman–Crippen MR) is 97.5 cm³/mol. The lowest BCUT2D eigenvalue weighted by atomic mass is 10.1. The van der Waals surface area contributed by atoms with E-state index in [-0.39, 0.29) is 18.3 Å². The van der Waals surface area contributed by atoms with Crippen molar-refractivity contribution in [2.75, 3.05) is 18.2 Å². The summed E-state index contributed by atoms with van der Waals surface area (Å²) in [4.78, 5) is 12.1. The lowest BCUT2D eigenvalue weighted by molar-refractivity contribution is -0.116. The molecule has 0 atom stereocenters. The molecule has 1 amide bonds. The van der Waals surface area contributed by atoms with E-state index in [4.69, 9.17) is 10.5 Å². The minimum absolute atomic E-state index is 0. The SMILES string of the molecule is COc1c(C)ccc(NC(=O)CCc2ccccc2N)c1C.Cl. The third-order valence-electron chi connectivity index (χ3n) is 3.76. The van der Waals surface area contributed by atoms with Crippen molar-refractivity contribution in [2.45, 2.75) is 26.7 Å². The number of methoxy groups -OCH3 is 1. The number of carbonyl (C=O) groups excluding carboxylic acids is 1. The molecule has 2 aromatic rings. The number of amides is 1. The second kappa shape index (κ2) is 8.44. The van der Waals surface area contributed by atoms with Crippen LogP contribution in [0.15, 0.2) is 36.4 Å². The lowest BCUT2D eigenvalue weighted by Gasteiger charge is -2.14. The number of hydrogen-bond donors (Lipinski definition) is 2. The molecule has 2 aromatic carbocycles. The van der Waals surface area contributed by atoms with Crippen LogP contribution in [-0.2, 0) is 11.2 Å². The zero-order chi connectivity index (χ0) is 16.1. The number of para-hydroxylation sites is 1. The fourth-order valence-electron chi connectivity index (χ4n) is 2.50. The van der Waals surface area contributed by atoms with E-state index in [0.717, 1.165) is 33.8 Å². The van der Waals surface area contributed by atoms with Gasteiger partial charge in [-0.15, -0.1) is 12.4 Å². The van der Waals surface area contributed by atoms with Crippen molar-refractivity contribution in [3.63, 3.8) is 0 Å². The molecule has 0 saturated carbocycles. The van der Waals surface area contributed by atoms with Crippen LogP contribution in [0.1, 0.15) is 23.1 Å². The fourth-order valence-corrected chi connectivity index (χ4v) is 2.50. The van der Waals surface area contributed by atoms with Gasteiger partial charge in [-0.2, -0.15) is 0 Å². The smallest absolute Gasteiger partial charge is 0.224 e. The topological polar surface area (TPSA) is 64.3 Å². The molecular weight excluding hydrogens is 312 g/mol. The van der Waals surface area contributed by atoms with Crippen LogP contribution in [-0.4, -0.2) is 13.0 Å². The zero-order valence-corrected chi connectivity index (χ0v) is 14.5. The van der Waals surface area contributed by atoms with Crippen LogP contribution in [0.3, 0.4) is 0 Å². The molecule has 0 saturated heterocycles. The maximum absolute atomic E-state index is 12.1. The molecule has 0 heterocycles. The summed E-state index contributed by atoms with van der Waals surface area (Å²) in [7, 11) is 1.64. The van der Waals surface area contributed by atoms with Crippen LogP contribution in [0.25, 0.3) is 0 Å². The molecule has 0 aliphatic carbocycles. The maximum Gasteiger partial charge on any atom is 0.224 e. The summed E-state index contributed by atoms with van der Waals surface area (Å²) < 4.78 is 5.38. The molecule has 0 aliphatic heterocycles. The first-order valence-corrected chi connectivity index (χ1v) is 7.30. The molecule has 124 valence electrons. The summed E-state index contributed by atoms with van der Waals surface area (Å²) in [6.45, 7) is 3.92. The largest absolute Gasteiger partial charge is 0.496 e. The highest BCUT2D eigenvalue weighted by molar-refractivity contribution is 5.92. The summed E-state index contributed by atoms with van der Waals surface area (Å²) in [5.74, 6) is 0.780. The second-order valence-corrected chi connectivity index (χ2v) is 5.34. The minimum Gasteiger partial charge on any atom is -0.496 e. The quantitative estimate of drug-likeness (QED) is 0.815. The highest BCUT2D eigenvalue weighted by Crippen LogP contribution is 2.29. The van der Waals surface area contributed by atoms with Gasteiger partial charge in [0.25, 0.3) is 0 Å². The van der Waals surface area contributed by atoms with Gasteiger partial charge in [0.05, 0.1) is 7.11 Å². The van der Waals surface area contributed by atoms with Gasteiger partial charge in [0.1, 0.15) is 5.75 Å². The van der Waals surface area contributed by atoms with Crippen LogP contribution in [0, 0.1) is 13.8 Å². The Kier molecular flexibility index (Phi) is 6.91. The fraction of sp³-hybridized carbons (Fsp3) is 0.278. The van der Waals surface area contributed by atoms with Crippen LogP contribution >= 0.6 is 12.4 Å². The Balaban J connectivity index is 0.00000264. The number of nitrogens with one attached hydrogen (secondary N) is 1. The Morgan fingerprint density at radius 1 is 1.17 bits per heavy atom. The van der Waals surface area contributed by atoms with Gasteiger partial charge in [-0.1, -0.05) is 24.3 Å². The van der Waals surface area contributed by atoms with Gasteiger partial charge in [-0.3, -0.25) is 4.79 Å². The zero-order valence-electron chi connectivity index (χ0n) is 13.7. The number of nitrogen functional groups attached to an aromatic ring is 1. The normalized spacial score (nSPS) is 9.87. The van der Waals surface area contributed by atoms with Gasteiger partial charge >= 0.3 is 0 Å². The van der Waals surface area contributed by atoms with Gasteiger partial charge in [0, 0.05) is 23.4 Å². The van der Waals surface area contributed by atoms with E-state index >= 15 is 0 Å². The van der Waals surface area contributed by atoms with Crippen molar-refractivity contribution < 1.29 is 9.53 Å². The highest BCUT2D eigenvalue weighted by Gasteiger charge is 2.11. The summed E-state index contributed by atoms with van der Waals surface area (Å²) in [6.07, 6.45) is 1.02. The maximum atomic E-state index is 12.1. The van der Waals surface area contributed by atoms with Crippen molar-refractivity contribution in [1.82, 2.24) is 0 Å². The Morgan fingerprint density at radius 2 is 1.87 bits per heavy atom. The number of hydrogen-bond acceptors (Lipinski definition) is 3. The van der Waals surface area contributed by atoms with Gasteiger partial charge in [-0.25, -0.2) is 0 Å². The minimum atomic E-state index is -0.0303. The first-order chi connectivity index (χ1) is 10.5. The summed E-state index contributed by atoms with van der Waals surface area (Å²) in [5, 5.41) is 2.94. The molecule has 0 radical (unpaired) electrons. The molecule has 0 spiro atoms. The van der Waals surface area contributed by atoms with Gasteiger partial charge in [0.15, 0.2) is 0 Å². The number of nitrogens with two attached hydrogens (primary N) is 1. The van der Waals surface area contributed by atoms with Crippen LogP contribution in [0.4, 0.5) is 11.4 Å². The summed E-state index contributed by atoms with van der Waals surface area (Å²) in [5.41, 5.74) is 10.4. The Morgan fingerprint density at radius 3 is 2.52 bits per heavy atom. The molecule has 0 unspecified atom stereocenters. The Labute approximate surface area is 143 Å². The van der Waals surface area contributed by atoms with Crippen LogP contribution in [0.5, 0.6) is 5.75 Å². The monoisotopic (exact) mass is 334 g/mol. The first kappa shape index (κ1) is 18.8. The van der Waals surface area contributed by atoms with E-state index in [0.29, 0.717) is 12.8 Å². The molecule has 23 heavy (non-hydrogen) atoms. The lowest BCUT2D eigenvalue weighted by Crippen LogP contribution is -2.14. The molecule has 0 aromatic heterocycles. The highest BCUT2D eigenvalue weighted by atomic mass is 35.5. The van der Waals surface area contributed by atoms with Crippen molar-refractivity contribution in [1.29, 1.82) is 0 Å². The predicted octanol–water partition coefficient (Wildman–Crippen LogP) is 3.89. The van der Waals surface area contributed by atoms with E-state index in [9.17, 15) is 4.79 Å². The molecule has 2 rings (SSSR count). The van der Waals surface area contributed by atoms with E-state index in [2.05, 4.69) is 5.32 Å². The third kappa shape index (κ3) is 4.63.